The van der Waals surface area contributed by atoms with E-state index in [2.05, 4.69) is 50.3 Å². The number of nitrogens with zero attached hydrogens (tertiary/aromatic N) is 1. The highest BCUT2D eigenvalue weighted by Gasteiger charge is 2.26. The molecule has 2 aromatic heterocycles. The fourth-order valence-corrected chi connectivity index (χ4v) is 4.71. The van der Waals surface area contributed by atoms with Gasteiger partial charge in [-0.05, 0) is 49.4 Å². The average molecular weight is 458 g/mol. The van der Waals surface area contributed by atoms with E-state index in [-0.39, 0.29) is 11.7 Å². The van der Waals surface area contributed by atoms with Crippen LogP contribution in [0.3, 0.4) is 0 Å². The summed E-state index contributed by atoms with van der Waals surface area (Å²) < 4.78 is 1.09. The number of carbonyl (C=O) groups is 2. The van der Waals surface area contributed by atoms with Crippen molar-refractivity contribution in [1.82, 2.24) is 9.97 Å². The number of aromatic nitrogens is 2. The lowest BCUT2D eigenvalue weighted by Crippen LogP contribution is -2.13. The topological polar surface area (TPSA) is 74.8 Å². The van der Waals surface area contributed by atoms with Crippen LogP contribution in [-0.2, 0) is 12.8 Å². The van der Waals surface area contributed by atoms with E-state index < -0.39 is 0 Å². The second-order valence-electron chi connectivity index (χ2n) is 7.10. The highest BCUT2D eigenvalue weighted by molar-refractivity contribution is 9.10. The smallest absolute Gasteiger partial charge is 0.274 e. The Kier molecular flexibility index (Phi) is 5.21. The molecule has 4 rings (SSSR count). The Morgan fingerprint density at radius 2 is 2.14 bits per heavy atom. The summed E-state index contributed by atoms with van der Waals surface area (Å²) in [5, 5.41) is 3.43. The number of halogens is 1. The Hall–Kier alpha value is -2.25. The third-order valence-electron chi connectivity index (χ3n) is 5.04. The van der Waals surface area contributed by atoms with Gasteiger partial charge in [0.15, 0.2) is 10.9 Å². The first-order chi connectivity index (χ1) is 13.4. The summed E-state index contributed by atoms with van der Waals surface area (Å²) in [6.07, 6.45) is 4.76. The van der Waals surface area contributed by atoms with Gasteiger partial charge in [0.25, 0.3) is 5.91 Å². The first-order valence-electron chi connectivity index (χ1n) is 9.18. The molecule has 0 radical (unpaired) electrons. The maximum atomic E-state index is 12.7. The monoisotopic (exact) mass is 457 g/mol. The van der Waals surface area contributed by atoms with Crippen molar-refractivity contribution in [3.63, 3.8) is 0 Å². The van der Waals surface area contributed by atoms with Gasteiger partial charge in [-0.2, -0.15) is 0 Å². The number of hydrogen-bond donors (Lipinski definition) is 2. The molecule has 2 N–H and O–H groups in total. The summed E-state index contributed by atoms with van der Waals surface area (Å²) in [5.41, 5.74) is 5.16. The molecule has 1 aromatic carbocycles. The Labute approximate surface area is 175 Å². The largest absolute Gasteiger partial charge is 0.354 e. The minimum Gasteiger partial charge on any atom is -0.354 e. The molecule has 0 aliphatic heterocycles. The first-order valence-corrected chi connectivity index (χ1v) is 10.8. The van der Waals surface area contributed by atoms with Gasteiger partial charge in [-0.25, -0.2) is 4.98 Å². The van der Waals surface area contributed by atoms with Crippen LogP contribution in [0.5, 0.6) is 0 Å². The van der Waals surface area contributed by atoms with Crippen LogP contribution >= 0.6 is 27.3 Å². The molecular formula is C21H20BrN3O2S. The number of rotatable bonds is 4. The molecule has 1 aliphatic rings. The molecule has 0 unspecified atom stereocenters. The first kappa shape index (κ1) is 19.1. The van der Waals surface area contributed by atoms with Crippen molar-refractivity contribution in [2.45, 2.75) is 39.5 Å². The summed E-state index contributed by atoms with van der Waals surface area (Å²) in [4.78, 5) is 33.4. The van der Waals surface area contributed by atoms with Crippen molar-refractivity contribution in [2.75, 3.05) is 5.32 Å². The van der Waals surface area contributed by atoms with Crippen LogP contribution in [0.25, 0.3) is 0 Å². The zero-order valence-corrected chi connectivity index (χ0v) is 18.1. The molecule has 0 saturated heterocycles. The Bertz CT molecular complexity index is 1080. The minimum atomic E-state index is -0.250. The SMILES string of the molecule is Cc1cc(Cc2cnc(NC(=O)c3[nH]c4c(c3C)C(=O)CCC4)s2)ccc1Br. The number of thiazole rings is 1. The number of benzene rings is 1. The lowest BCUT2D eigenvalue weighted by molar-refractivity contribution is 0.0971. The molecular weight excluding hydrogens is 438 g/mol. The molecule has 1 aliphatic carbocycles. The molecule has 0 spiro atoms. The van der Waals surface area contributed by atoms with E-state index in [4.69, 9.17) is 0 Å². The number of ketones is 1. The standard InChI is InChI=1S/C21H20BrN3O2S/c1-11-8-13(6-7-15(11)22)9-14-10-23-21(28-14)25-20(27)19-12(2)18-16(24-19)4-3-5-17(18)26/h6-8,10,24H,3-5,9H2,1-2H3,(H,23,25,27). The van der Waals surface area contributed by atoms with Crippen LogP contribution in [0.15, 0.2) is 28.9 Å². The van der Waals surface area contributed by atoms with Crippen molar-refractivity contribution < 1.29 is 9.59 Å². The molecule has 0 fully saturated rings. The van der Waals surface area contributed by atoms with E-state index >= 15 is 0 Å². The molecule has 0 saturated carbocycles. The predicted octanol–water partition coefficient (Wildman–Crippen LogP) is 5.21. The highest BCUT2D eigenvalue weighted by Crippen LogP contribution is 2.28. The number of Topliss-reactive ketones (excluding diaryl/α,β-unsaturated/α-hetero) is 1. The Balaban J connectivity index is 1.49. The van der Waals surface area contributed by atoms with Crippen molar-refractivity contribution in [3.05, 3.63) is 67.4 Å². The van der Waals surface area contributed by atoms with Crippen LogP contribution in [-0.4, -0.2) is 21.7 Å². The molecule has 144 valence electrons. The molecule has 1 amide bonds. The van der Waals surface area contributed by atoms with E-state index in [1.54, 1.807) is 6.20 Å². The molecule has 0 atom stereocenters. The number of aryl methyl sites for hydroxylation is 2. The van der Waals surface area contributed by atoms with Gasteiger partial charge in [-0.1, -0.05) is 28.1 Å². The van der Waals surface area contributed by atoms with Gasteiger partial charge in [0.1, 0.15) is 5.69 Å². The number of carbonyl (C=O) groups excluding carboxylic acids is 2. The van der Waals surface area contributed by atoms with Gasteiger partial charge < -0.3 is 4.98 Å². The molecule has 7 heteroatoms. The van der Waals surface area contributed by atoms with E-state index in [1.165, 1.54) is 22.5 Å². The zero-order chi connectivity index (χ0) is 19.8. The van der Waals surface area contributed by atoms with E-state index in [0.717, 1.165) is 39.9 Å². The summed E-state index contributed by atoms with van der Waals surface area (Å²) in [6.45, 7) is 3.89. The maximum absolute atomic E-state index is 12.7. The number of aromatic amines is 1. The van der Waals surface area contributed by atoms with Gasteiger partial charge in [-0.3, -0.25) is 14.9 Å². The molecule has 2 heterocycles. The molecule has 0 bridgehead atoms. The van der Waals surface area contributed by atoms with E-state index in [1.807, 2.05) is 13.0 Å². The van der Waals surface area contributed by atoms with Gasteiger partial charge >= 0.3 is 0 Å². The fourth-order valence-electron chi connectivity index (χ4n) is 3.63. The molecule has 5 nitrogen and oxygen atoms in total. The van der Waals surface area contributed by atoms with E-state index in [0.29, 0.717) is 22.8 Å². The van der Waals surface area contributed by atoms with Crippen molar-refractivity contribution in [3.8, 4) is 0 Å². The highest BCUT2D eigenvalue weighted by atomic mass is 79.9. The summed E-state index contributed by atoms with van der Waals surface area (Å²) in [7, 11) is 0. The number of fused-ring (bicyclic) bond motifs is 1. The summed E-state index contributed by atoms with van der Waals surface area (Å²) in [5.74, 6) is -0.129. The predicted molar refractivity (Wildman–Crippen MR) is 115 cm³/mol. The molecule has 28 heavy (non-hydrogen) atoms. The van der Waals surface area contributed by atoms with Gasteiger partial charge in [0, 0.05) is 39.6 Å². The second kappa shape index (κ2) is 7.64. The number of nitrogens with one attached hydrogen (secondary N) is 2. The van der Waals surface area contributed by atoms with Crippen LogP contribution in [0.1, 0.15) is 60.9 Å². The van der Waals surface area contributed by atoms with Crippen molar-refractivity contribution in [1.29, 1.82) is 0 Å². The minimum absolute atomic E-state index is 0.121. The Morgan fingerprint density at radius 3 is 2.89 bits per heavy atom. The summed E-state index contributed by atoms with van der Waals surface area (Å²) >= 11 is 4.98. The number of anilines is 1. The zero-order valence-electron chi connectivity index (χ0n) is 15.7. The number of amides is 1. The second-order valence-corrected chi connectivity index (χ2v) is 9.07. The maximum Gasteiger partial charge on any atom is 0.274 e. The van der Waals surface area contributed by atoms with Crippen LogP contribution in [0, 0.1) is 13.8 Å². The van der Waals surface area contributed by atoms with Crippen LogP contribution in [0.4, 0.5) is 5.13 Å². The van der Waals surface area contributed by atoms with Crippen molar-refractivity contribution in [2.24, 2.45) is 0 Å². The van der Waals surface area contributed by atoms with Crippen LogP contribution < -0.4 is 5.32 Å². The summed E-state index contributed by atoms with van der Waals surface area (Å²) in [6, 6.07) is 6.27. The van der Waals surface area contributed by atoms with Gasteiger partial charge in [0.05, 0.1) is 0 Å². The normalized spacial score (nSPS) is 13.5. The Morgan fingerprint density at radius 1 is 1.32 bits per heavy atom. The van der Waals surface area contributed by atoms with Gasteiger partial charge in [0.2, 0.25) is 0 Å². The third kappa shape index (κ3) is 3.69. The lowest BCUT2D eigenvalue weighted by atomic mass is 9.94. The van der Waals surface area contributed by atoms with Crippen molar-refractivity contribution >= 4 is 44.1 Å². The fraction of sp³-hybridized carbons (Fsp3) is 0.286. The number of hydrogen-bond acceptors (Lipinski definition) is 4. The lowest BCUT2D eigenvalue weighted by Gasteiger charge is -2.09. The quantitative estimate of drug-likeness (QED) is 0.564. The van der Waals surface area contributed by atoms with Gasteiger partial charge in [-0.15, -0.1) is 11.3 Å². The third-order valence-corrected chi connectivity index (χ3v) is 6.84. The van der Waals surface area contributed by atoms with Crippen LogP contribution in [0.2, 0.25) is 0 Å². The molecule has 3 aromatic rings. The number of H-pyrrole nitrogens is 1. The average Bonchev–Trinajstić information content (AvgIpc) is 3.23. The van der Waals surface area contributed by atoms with E-state index in [9.17, 15) is 9.59 Å².